The summed E-state index contributed by atoms with van der Waals surface area (Å²) in [5.74, 6) is 1.87. The average Bonchev–Trinajstić information content (AvgIpc) is 2.12. The lowest BCUT2D eigenvalue weighted by Crippen LogP contribution is -2.42. The van der Waals surface area contributed by atoms with Crippen molar-refractivity contribution in [2.75, 3.05) is 19.7 Å². The van der Waals surface area contributed by atoms with Crippen LogP contribution in [0.4, 0.5) is 0 Å². The maximum Gasteiger partial charge on any atom is 0.145 e. The predicted molar refractivity (Wildman–Crippen MR) is 91.1 cm³/mol. The zero-order chi connectivity index (χ0) is 11.5. The van der Waals surface area contributed by atoms with E-state index in [2.05, 4.69) is 85.2 Å². The molecule has 1 fully saturated rings. The van der Waals surface area contributed by atoms with Crippen molar-refractivity contribution in [3.05, 3.63) is 22.8 Å². The standard InChI is InChI=1S/C11H12I3NO/c12-8-3-9(13)11(10(14)4-8)16-2-1-7-5-15-6-7/h3-4,7,15H,1-2,5-6H2. The van der Waals surface area contributed by atoms with Gasteiger partial charge in [0, 0.05) is 3.57 Å². The Morgan fingerprint density at radius 2 is 1.81 bits per heavy atom. The Balaban J connectivity index is 1.92. The predicted octanol–water partition coefficient (Wildman–Crippen LogP) is 3.49. The van der Waals surface area contributed by atoms with Crippen LogP contribution in [-0.2, 0) is 0 Å². The van der Waals surface area contributed by atoms with E-state index in [1.54, 1.807) is 0 Å². The summed E-state index contributed by atoms with van der Waals surface area (Å²) < 4.78 is 9.57. The van der Waals surface area contributed by atoms with Gasteiger partial charge in [-0.25, -0.2) is 0 Å². The second-order valence-electron chi connectivity index (χ2n) is 3.86. The summed E-state index contributed by atoms with van der Waals surface area (Å²) in [4.78, 5) is 0. The molecule has 1 aliphatic rings. The minimum absolute atomic E-state index is 0.819. The average molecular weight is 555 g/mol. The third-order valence-corrected chi connectivity index (χ3v) is 4.83. The van der Waals surface area contributed by atoms with Gasteiger partial charge in [0.05, 0.1) is 13.7 Å². The van der Waals surface area contributed by atoms with E-state index in [4.69, 9.17) is 4.74 Å². The first kappa shape index (κ1) is 13.6. The first-order valence-electron chi connectivity index (χ1n) is 5.15. The topological polar surface area (TPSA) is 21.3 Å². The lowest BCUT2D eigenvalue weighted by Gasteiger charge is -2.27. The number of hydrogen-bond donors (Lipinski definition) is 1. The Morgan fingerprint density at radius 1 is 1.19 bits per heavy atom. The maximum atomic E-state index is 5.88. The Morgan fingerprint density at radius 3 is 2.31 bits per heavy atom. The van der Waals surface area contributed by atoms with Gasteiger partial charge < -0.3 is 10.1 Å². The fourth-order valence-corrected chi connectivity index (χ4v) is 5.44. The molecular weight excluding hydrogens is 543 g/mol. The summed E-state index contributed by atoms with van der Waals surface area (Å²) >= 11 is 7.03. The van der Waals surface area contributed by atoms with Gasteiger partial charge in [-0.2, -0.15) is 0 Å². The van der Waals surface area contributed by atoms with E-state index >= 15 is 0 Å². The second-order valence-corrected chi connectivity index (χ2v) is 7.43. The highest BCUT2D eigenvalue weighted by Gasteiger charge is 2.16. The van der Waals surface area contributed by atoms with Crippen molar-refractivity contribution in [3.63, 3.8) is 0 Å². The van der Waals surface area contributed by atoms with Gasteiger partial charge in [-0.1, -0.05) is 0 Å². The molecule has 88 valence electrons. The number of nitrogens with one attached hydrogen (secondary N) is 1. The molecule has 0 saturated carbocycles. The first-order chi connectivity index (χ1) is 7.66. The zero-order valence-corrected chi connectivity index (χ0v) is 15.1. The van der Waals surface area contributed by atoms with Gasteiger partial charge in [-0.05, 0) is 105 Å². The van der Waals surface area contributed by atoms with Gasteiger partial charge in [-0.3, -0.25) is 0 Å². The molecule has 2 rings (SSSR count). The van der Waals surface area contributed by atoms with Gasteiger partial charge in [0.2, 0.25) is 0 Å². The van der Waals surface area contributed by atoms with E-state index in [0.717, 1.165) is 37.8 Å². The van der Waals surface area contributed by atoms with Crippen molar-refractivity contribution in [1.82, 2.24) is 5.32 Å². The quantitative estimate of drug-likeness (QED) is 0.576. The Labute approximate surface area is 137 Å². The highest BCUT2D eigenvalue weighted by molar-refractivity contribution is 14.1. The minimum Gasteiger partial charge on any atom is -0.491 e. The van der Waals surface area contributed by atoms with Crippen molar-refractivity contribution >= 4 is 67.8 Å². The highest BCUT2D eigenvalue weighted by Crippen LogP contribution is 2.29. The van der Waals surface area contributed by atoms with Crippen LogP contribution in [0.1, 0.15) is 6.42 Å². The van der Waals surface area contributed by atoms with Crippen LogP contribution in [0.5, 0.6) is 5.75 Å². The van der Waals surface area contributed by atoms with Crippen LogP contribution < -0.4 is 10.1 Å². The molecule has 5 heteroatoms. The van der Waals surface area contributed by atoms with Crippen molar-refractivity contribution in [1.29, 1.82) is 0 Å². The third kappa shape index (κ3) is 3.58. The molecule has 0 aromatic heterocycles. The van der Waals surface area contributed by atoms with E-state index in [0.29, 0.717) is 0 Å². The van der Waals surface area contributed by atoms with Crippen molar-refractivity contribution in [2.24, 2.45) is 5.92 Å². The Hall–Kier alpha value is 1.17. The smallest absolute Gasteiger partial charge is 0.145 e. The van der Waals surface area contributed by atoms with E-state index in [1.165, 1.54) is 10.7 Å². The van der Waals surface area contributed by atoms with E-state index in [9.17, 15) is 0 Å². The normalized spacial score (nSPS) is 15.9. The molecule has 2 nitrogen and oxygen atoms in total. The van der Waals surface area contributed by atoms with Crippen LogP contribution >= 0.6 is 67.8 Å². The molecule has 1 saturated heterocycles. The molecule has 0 aliphatic carbocycles. The van der Waals surface area contributed by atoms with E-state index < -0.39 is 0 Å². The van der Waals surface area contributed by atoms with Crippen LogP contribution in [0.3, 0.4) is 0 Å². The Kier molecular flexibility index (Phi) is 5.41. The maximum absolute atomic E-state index is 5.88. The first-order valence-corrected chi connectivity index (χ1v) is 8.38. The van der Waals surface area contributed by atoms with Crippen LogP contribution in [0.25, 0.3) is 0 Å². The van der Waals surface area contributed by atoms with Crippen molar-refractivity contribution in [2.45, 2.75) is 6.42 Å². The van der Waals surface area contributed by atoms with Crippen LogP contribution in [0, 0.1) is 16.6 Å². The zero-order valence-electron chi connectivity index (χ0n) is 8.60. The molecule has 1 aliphatic heterocycles. The lowest BCUT2D eigenvalue weighted by molar-refractivity contribution is 0.236. The summed E-state index contributed by atoms with van der Waals surface area (Å²) in [6.45, 7) is 3.15. The molecule has 1 N–H and O–H groups in total. The highest BCUT2D eigenvalue weighted by atomic mass is 127. The van der Waals surface area contributed by atoms with Crippen LogP contribution in [-0.4, -0.2) is 19.7 Å². The minimum atomic E-state index is 0.819. The van der Waals surface area contributed by atoms with Gasteiger partial charge >= 0.3 is 0 Å². The number of rotatable bonds is 4. The van der Waals surface area contributed by atoms with E-state index in [1.807, 2.05) is 0 Å². The molecular formula is C11H12I3NO. The molecule has 0 unspecified atom stereocenters. The third-order valence-electron chi connectivity index (χ3n) is 2.60. The fourth-order valence-electron chi connectivity index (χ4n) is 1.55. The molecule has 1 aromatic carbocycles. The summed E-state index contributed by atoms with van der Waals surface area (Å²) in [5, 5.41) is 3.28. The van der Waals surface area contributed by atoms with Gasteiger partial charge in [0.1, 0.15) is 5.75 Å². The molecule has 16 heavy (non-hydrogen) atoms. The van der Waals surface area contributed by atoms with Gasteiger partial charge in [0.25, 0.3) is 0 Å². The lowest BCUT2D eigenvalue weighted by atomic mass is 10.0. The summed E-state index contributed by atoms with van der Waals surface area (Å²) in [7, 11) is 0. The monoisotopic (exact) mass is 555 g/mol. The molecule has 0 radical (unpaired) electrons. The van der Waals surface area contributed by atoms with Crippen molar-refractivity contribution in [3.8, 4) is 5.75 Å². The molecule has 1 heterocycles. The van der Waals surface area contributed by atoms with Crippen LogP contribution in [0.15, 0.2) is 12.1 Å². The van der Waals surface area contributed by atoms with Crippen LogP contribution in [0.2, 0.25) is 0 Å². The second kappa shape index (κ2) is 6.37. The van der Waals surface area contributed by atoms with Crippen molar-refractivity contribution < 1.29 is 4.74 Å². The number of hydrogen-bond acceptors (Lipinski definition) is 2. The molecule has 0 bridgehead atoms. The summed E-state index contributed by atoms with van der Waals surface area (Å²) in [6.07, 6.45) is 1.16. The van der Waals surface area contributed by atoms with Gasteiger partial charge in [-0.15, -0.1) is 0 Å². The summed E-state index contributed by atoms with van der Waals surface area (Å²) in [5.41, 5.74) is 0. The summed E-state index contributed by atoms with van der Waals surface area (Å²) in [6, 6.07) is 4.31. The number of halogens is 3. The Bertz CT molecular complexity index is 356. The molecule has 0 amide bonds. The fraction of sp³-hybridized carbons (Fsp3) is 0.455. The largest absolute Gasteiger partial charge is 0.491 e. The molecule has 1 aromatic rings. The molecule has 0 spiro atoms. The number of ether oxygens (including phenoxy) is 1. The SMILES string of the molecule is Ic1cc(I)c(OCCC2CNC2)c(I)c1. The molecule has 0 atom stereocenters. The number of benzene rings is 1. The van der Waals surface area contributed by atoms with Gasteiger partial charge in [0.15, 0.2) is 0 Å². The van der Waals surface area contributed by atoms with E-state index in [-0.39, 0.29) is 0 Å².